The number of aliphatic hydroxyl groups is 1. The first-order valence-electron chi connectivity index (χ1n) is 5.81. The molecule has 0 aliphatic rings. The van der Waals surface area contributed by atoms with Crippen LogP contribution in [0.2, 0.25) is 0 Å². The van der Waals surface area contributed by atoms with Gasteiger partial charge in [0.2, 0.25) is 10.0 Å². The van der Waals surface area contributed by atoms with Crippen molar-refractivity contribution < 1.29 is 18.3 Å². The van der Waals surface area contributed by atoms with Crippen LogP contribution in [-0.2, 0) is 10.0 Å². The third-order valence-electron chi connectivity index (χ3n) is 2.52. The molecule has 0 aliphatic heterocycles. The zero-order valence-corrected chi connectivity index (χ0v) is 11.8. The van der Waals surface area contributed by atoms with Crippen LogP contribution in [0.1, 0.15) is 16.8 Å². The van der Waals surface area contributed by atoms with Crippen LogP contribution in [-0.4, -0.2) is 51.0 Å². The fourth-order valence-electron chi connectivity index (χ4n) is 1.37. The number of nitrogens with one attached hydrogen (secondary N) is 1. The molecule has 1 rings (SSSR count). The number of carbonyl (C=O) groups excluding carboxylic acids is 1. The largest absolute Gasteiger partial charge is 0.396 e. The minimum atomic E-state index is -3.47. The number of benzene rings is 1. The van der Waals surface area contributed by atoms with E-state index in [0.717, 1.165) is 4.31 Å². The van der Waals surface area contributed by atoms with E-state index >= 15 is 0 Å². The molecule has 0 saturated carbocycles. The van der Waals surface area contributed by atoms with E-state index in [4.69, 9.17) is 5.11 Å². The maximum atomic E-state index is 11.8. The van der Waals surface area contributed by atoms with E-state index < -0.39 is 10.0 Å². The van der Waals surface area contributed by atoms with Gasteiger partial charge in [0.25, 0.3) is 5.91 Å². The van der Waals surface area contributed by atoms with Crippen LogP contribution in [0.4, 0.5) is 0 Å². The lowest BCUT2D eigenvalue weighted by atomic mass is 10.2. The molecule has 0 aliphatic carbocycles. The van der Waals surface area contributed by atoms with Gasteiger partial charge in [0.05, 0.1) is 4.90 Å². The number of aliphatic hydroxyl groups excluding tert-OH is 1. The topological polar surface area (TPSA) is 86.7 Å². The van der Waals surface area contributed by atoms with Gasteiger partial charge in [0, 0.05) is 32.8 Å². The quantitative estimate of drug-likeness (QED) is 0.723. The van der Waals surface area contributed by atoms with Crippen molar-refractivity contribution in [3.8, 4) is 0 Å². The highest BCUT2D eigenvalue weighted by Gasteiger charge is 2.17. The summed E-state index contributed by atoms with van der Waals surface area (Å²) < 4.78 is 24.8. The molecular weight excluding hydrogens is 268 g/mol. The van der Waals surface area contributed by atoms with Crippen molar-refractivity contribution in [1.82, 2.24) is 9.62 Å². The third kappa shape index (κ3) is 4.02. The van der Waals surface area contributed by atoms with Gasteiger partial charge in [-0.2, -0.15) is 0 Å². The summed E-state index contributed by atoms with van der Waals surface area (Å²) in [6, 6.07) is 5.72. The second-order valence-corrected chi connectivity index (χ2v) is 6.30. The number of amides is 1. The summed E-state index contributed by atoms with van der Waals surface area (Å²) in [6.45, 7) is 0.396. The maximum Gasteiger partial charge on any atom is 0.251 e. The minimum absolute atomic E-state index is 0.0142. The molecular formula is C12H18N2O4S. The second kappa shape index (κ2) is 6.65. The second-order valence-electron chi connectivity index (χ2n) is 4.14. The number of rotatable bonds is 6. The van der Waals surface area contributed by atoms with Gasteiger partial charge in [-0.1, -0.05) is 0 Å². The van der Waals surface area contributed by atoms with Crippen molar-refractivity contribution in [2.75, 3.05) is 27.2 Å². The van der Waals surface area contributed by atoms with E-state index in [1.54, 1.807) is 0 Å². The van der Waals surface area contributed by atoms with Crippen LogP contribution >= 0.6 is 0 Å². The number of sulfonamides is 1. The number of hydrogen-bond acceptors (Lipinski definition) is 4. The van der Waals surface area contributed by atoms with Crippen molar-refractivity contribution in [2.45, 2.75) is 11.3 Å². The van der Waals surface area contributed by atoms with Gasteiger partial charge in [0.1, 0.15) is 0 Å². The Morgan fingerprint density at radius 3 is 2.32 bits per heavy atom. The lowest BCUT2D eigenvalue weighted by Crippen LogP contribution is -2.25. The zero-order valence-electron chi connectivity index (χ0n) is 11.0. The molecule has 1 aromatic carbocycles. The molecule has 106 valence electrons. The zero-order chi connectivity index (χ0) is 14.5. The van der Waals surface area contributed by atoms with Crippen molar-refractivity contribution in [3.05, 3.63) is 29.8 Å². The van der Waals surface area contributed by atoms with Crippen molar-refractivity contribution in [2.24, 2.45) is 0 Å². The van der Waals surface area contributed by atoms with Gasteiger partial charge in [-0.05, 0) is 30.7 Å². The molecule has 0 spiro atoms. The SMILES string of the molecule is CN(C)S(=O)(=O)c1ccc(C(=O)NCCCO)cc1. The van der Waals surface area contributed by atoms with Gasteiger partial charge in [-0.25, -0.2) is 12.7 Å². The Balaban J connectivity index is 2.80. The molecule has 1 amide bonds. The Morgan fingerprint density at radius 1 is 1.26 bits per heavy atom. The number of carbonyl (C=O) groups is 1. The lowest BCUT2D eigenvalue weighted by molar-refractivity contribution is 0.0951. The first kappa shape index (κ1) is 15.6. The standard InChI is InChI=1S/C12H18N2O4S/c1-14(2)19(17,18)11-6-4-10(5-7-11)12(16)13-8-3-9-15/h4-7,15H,3,8-9H2,1-2H3,(H,13,16). The summed E-state index contributed by atoms with van der Waals surface area (Å²) in [5.74, 6) is -0.290. The predicted molar refractivity (Wildman–Crippen MR) is 71.4 cm³/mol. The first-order valence-corrected chi connectivity index (χ1v) is 7.25. The van der Waals surface area contributed by atoms with E-state index in [9.17, 15) is 13.2 Å². The molecule has 0 bridgehead atoms. The molecule has 2 N–H and O–H groups in total. The Morgan fingerprint density at radius 2 is 1.84 bits per heavy atom. The number of hydrogen-bond donors (Lipinski definition) is 2. The molecule has 0 saturated heterocycles. The summed E-state index contributed by atoms with van der Waals surface area (Å²) in [5.41, 5.74) is 0.385. The first-order chi connectivity index (χ1) is 8.89. The summed E-state index contributed by atoms with van der Waals surface area (Å²) >= 11 is 0. The summed E-state index contributed by atoms with van der Waals surface area (Å²) in [4.78, 5) is 11.8. The maximum absolute atomic E-state index is 11.8. The van der Waals surface area contributed by atoms with Crippen LogP contribution in [0.25, 0.3) is 0 Å². The Bertz CT molecular complexity index is 523. The van der Waals surface area contributed by atoms with Crippen molar-refractivity contribution in [3.63, 3.8) is 0 Å². The molecule has 0 unspecified atom stereocenters. The fourth-order valence-corrected chi connectivity index (χ4v) is 2.27. The van der Waals surface area contributed by atoms with Crippen LogP contribution in [0.5, 0.6) is 0 Å². The van der Waals surface area contributed by atoms with Crippen LogP contribution in [0, 0.1) is 0 Å². The Hall–Kier alpha value is -1.44. The molecule has 1 aromatic rings. The molecule has 0 heterocycles. The average molecular weight is 286 g/mol. The Labute approximate surface area is 113 Å². The molecule has 0 radical (unpaired) electrons. The monoisotopic (exact) mass is 286 g/mol. The van der Waals surface area contributed by atoms with Gasteiger partial charge in [-0.3, -0.25) is 4.79 Å². The minimum Gasteiger partial charge on any atom is -0.396 e. The van der Waals surface area contributed by atoms with E-state index in [0.29, 0.717) is 18.5 Å². The van der Waals surface area contributed by atoms with E-state index in [1.807, 2.05) is 0 Å². The smallest absolute Gasteiger partial charge is 0.251 e. The summed E-state index contributed by atoms with van der Waals surface area (Å²) in [7, 11) is -0.573. The molecule has 0 atom stereocenters. The van der Waals surface area contributed by atoms with E-state index in [1.165, 1.54) is 38.4 Å². The van der Waals surface area contributed by atoms with Crippen LogP contribution < -0.4 is 5.32 Å². The summed E-state index contributed by atoms with van der Waals surface area (Å²) in [6.07, 6.45) is 0.485. The molecule has 0 aromatic heterocycles. The van der Waals surface area contributed by atoms with E-state index in [-0.39, 0.29) is 17.4 Å². The van der Waals surface area contributed by atoms with Gasteiger partial charge < -0.3 is 10.4 Å². The summed E-state index contributed by atoms with van der Waals surface area (Å²) in [5, 5.41) is 11.2. The van der Waals surface area contributed by atoms with E-state index in [2.05, 4.69) is 5.32 Å². The van der Waals surface area contributed by atoms with Crippen LogP contribution in [0.3, 0.4) is 0 Å². The molecule has 0 fully saturated rings. The molecule has 6 nitrogen and oxygen atoms in total. The average Bonchev–Trinajstić information content (AvgIpc) is 2.39. The highest BCUT2D eigenvalue weighted by atomic mass is 32.2. The lowest BCUT2D eigenvalue weighted by Gasteiger charge is -2.11. The van der Waals surface area contributed by atoms with Crippen molar-refractivity contribution >= 4 is 15.9 Å². The molecule has 7 heteroatoms. The van der Waals surface area contributed by atoms with Gasteiger partial charge >= 0.3 is 0 Å². The highest BCUT2D eigenvalue weighted by molar-refractivity contribution is 7.89. The van der Waals surface area contributed by atoms with Gasteiger partial charge in [0.15, 0.2) is 0 Å². The van der Waals surface area contributed by atoms with Gasteiger partial charge in [-0.15, -0.1) is 0 Å². The van der Waals surface area contributed by atoms with Crippen molar-refractivity contribution in [1.29, 1.82) is 0 Å². The third-order valence-corrected chi connectivity index (χ3v) is 4.34. The normalized spacial score (nSPS) is 11.6. The fraction of sp³-hybridized carbons (Fsp3) is 0.417. The number of nitrogens with zero attached hydrogens (tertiary/aromatic N) is 1. The molecule has 19 heavy (non-hydrogen) atoms. The highest BCUT2D eigenvalue weighted by Crippen LogP contribution is 2.13. The predicted octanol–water partition coefficient (Wildman–Crippen LogP) is 0.0491. The van der Waals surface area contributed by atoms with Crippen LogP contribution in [0.15, 0.2) is 29.2 Å². The Kier molecular flexibility index (Phi) is 5.46.